The summed E-state index contributed by atoms with van der Waals surface area (Å²) in [7, 11) is 6.79. The molecular weight excluding hydrogens is 1110 g/mol. The smallest absolute Gasteiger partial charge is 0.407 e. The first-order valence-electron chi connectivity index (χ1n) is 30.7. The number of carbonyl (C=O) groups is 7. The minimum atomic E-state index is -2.50. The number of alkyl carbamates (subject to hydrolysis) is 1. The van der Waals surface area contributed by atoms with Crippen molar-refractivity contribution in [3.05, 3.63) is 65.6 Å². The summed E-state index contributed by atoms with van der Waals surface area (Å²) in [6.07, 6.45) is 10.2. The number of nitrogens with two attached hydrogens (primary N) is 1. The molecule has 1 aromatic heterocycles. The van der Waals surface area contributed by atoms with Crippen LogP contribution in [0.15, 0.2) is 60.0 Å². The lowest BCUT2D eigenvalue weighted by Gasteiger charge is -2.42. The number of amides is 3. The van der Waals surface area contributed by atoms with Crippen LogP contribution in [0.3, 0.4) is 0 Å². The zero-order valence-corrected chi connectivity index (χ0v) is 52.1. The molecule has 1 aromatic rings. The van der Waals surface area contributed by atoms with E-state index >= 15 is 0 Å². The third kappa shape index (κ3) is 18.9. The van der Waals surface area contributed by atoms with Crippen LogP contribution in [0.5, 0.6) is 0 Å². The Morgan fingerprint density at radius 2 is 1.56 bits per heavy atom. The third-order valence-corrected chi connectivity index (χ3v) is 17.7. The van der Waals surface area contributed by atoms with Gasteiger partial charge in [-0.3, -0.25) is 24.0 Å². The second-order valence-electron chi connectivity index (χ2n) is 24.8. The van der Waals surface area contributed by atoms with E-state index in [-0.39, 0.29) is 55.7 Å². The fourth-order valence-electron chi connectivity index (χ4n) is 12.3. The highest BCUT2D eigenvalue weighted by molar-refractivity contribution is 6.39. The third-order valence-electron chi connectivity index (χ3n) is 17.7. The van der Waals surface area contributed by atoms with Gasteiger partial charge in [0.15, 0.2) is 5.78 Å². The largest absolute Gasteiger partial charge is 0.459 e. The molecule has 478 valence electrons. The molecule has 4 fully saturated rings. The van der Waals surface area contributed by atoms with E-state index in [1.54, 1.807) is 40.3 Å². The fraction of sp³-hybridized carbons (Fsp3) is 0.698. The first-order valence-corrected chi connectivity index (χ1v) is 30.7. The molecule has 1 aliphatic carbocycles. The molecule has 3 saturated heterocycles. The maximum absolute atomic E-state index is 14.6. The monoisotopic (exact) mass is 1200 g/mol. The van der Waals surface area contributed by atoms with Gasteiger partial charge in [0.1, 0.15) is 36.2 Å². The molecule has 0 aromatic carbocycles. The van der Waals surface area contributed by atoms with Crippen LogP contribution in [0.25, 0.3) is 0 Å². The highest BCUT2D eigenvalue weighted by atomic mass is 16.6. The predicted octanol–water partition coefficient (Wildman–Crippen LogP) is 4.15. The zero-order chi connectivity index (χ0) is 63.0. The second kappa shape index (κ2) is 32.4. The van der Waals surface area contributed by atoms with Crippen molar-refractivity contribution < 1.29 is 72.6 Å². The highest BCUT2D eigenvalue weighted by Crippen LogP contribution is 2.37. The molecule has 6 N–H and O–H groups in total. The number of esters is 1. The second-order valence-corrected chi connectivity index (χ2v) is 24.8. The van der Waals surface area contributed by atoms with Gasteiger partial charge in [0, 0.05) is 108 Å². The van der Waals surface area contributed by atoms with Gasteiger partial charge in [-0.2, -0.15) is 0 Å². The number of carbonyl (C=O) groups excluding carboxylic acids is 7. The van der Waals surface area contributed by atoms with E-state index in [9.17, 15) is 48.9 Å². The molecule has 2 bridgehead atoms. The minimum Gasteiger partial charge on any atom is -0.459 e. The first-order chi connectivity index (χ1) is 40.8. The average Bonchev–Trinajstić information content (AvgIpc) is 1.04. The van der Waals surface area contributed by atoms with E-state index in [0.29, 0.717) is 95.6 Å². The summed E-state index contributed by atoms with van der Waals surface area (Å²) in [5.41, 5.74) is 8.67. The Kier molecular flexibility index (Phi) is 26.1. The van der Waals surface area contributed by atoms with E-state index in [0.717, 1.165) is 10.5 Å². The number of likely N-dealkylation sites (N-methyl/N-ethyl adjacent to an activating group) is 1. The molecule has 1 saturated carbocycles. The van der Waals surface area contributed by atoms with Gasteiger partial charge in [-0.1, -0.05) is 64.2 Å². The molecule has 3 amide bonds. The molecule has 5 heterocycles. The number of fused-ring (bicyclic) bond motifs is 3. The fourth-order valence-corrected chi connectivity index (χ4v) is 12.3. The molecule has 15 atom stereocenters. The number of Topliss-reactive ketones (excluding diaryl/α,β-unsaturated/α-hetero) is 3. The van der Waals surface area contributed by atoms with Crippen molar-refractivity contribution in [3.8, 4) is 0 Å². The molecule has 0 radical (unpaired) electrons. The Bertz CT molecular complexity index is 2610. The van der Waals surface area contributed by atoms with Crippen LogP contribution >= 0.6 is 0 Å². The summed E-state index contributed by atoms with van der Waals surface area (Å²) in [5.74, 6) is -8.61. The van der Waals surface area contributed by atoms with E-state index in [1.807, 2.05) is 73.0 Å². The first kappa shape index (κ1) is 69.3. The van der Waals surface area contributed by atoms with Gasteiger partial charge in [0.2, 0.25) is 17.6 Å². The Morgan fingerprint density at radius 3 is 2.23 bits per heavy atom. The Labute approximate surface area is 507 Å². The van der Waals surface area contributed by atoms with Crippen molar-refractivity contribution in [1.82, 2.24) is 30.0 Å². The average molecular weight is 1210 g/mol. The van der Waals surface area contributed by atoms with Crippen molar-refractivity contribution in [2.75, 3.05) is 72.5 Å². The van der Waals surface area contributed by atoms with Crippen molar-refractivity contribution in [1.29, 1.82) is 0 Å². The summed E-state index contributed by atoms with van der Waals surface area (Å²) >= 11 is 0. The molecule has 0 spiro atoms. The number of ether oxygens (including phenoxy) is 5. The summed E-state index contributed by atoms with van der Waals surface area (Å²) in [4.78, 5) is 113. The summed E-state index contributed by atoms with van der Waals surface area (Å²) < 4.78 is 30.0. The van der Waals surface area contributed by atoms with Gasteiger partial charge in [0.05, 0.1) is 24.9 Å². The van der Waals surface area contributed by atoms with E-state index in [4.69, 9.17) is 29.4 Å². The SMILES string of the molecule is CO[C@H]1C[C@@H]2CC[C@@H](C)[C@@](O)(O2)C(=O)C(=O)N2CCCC[C@H]2C(=O)O[C@H]([C@H](N)C[C@@H]2CC[C@@H](OC(=O)NCc3cnc(N4CCN(C(=O)CN(C)C)CC4)nc3)[C@H](OC)C2)CC(=O)[C@H](C)/C=C(\C)[C@@H](O)[C@@H](O)C(=O)[C@H](C)C[C@H](C)/C=C/C=CC=C1C. The number of anilines is 1. The van der Waals surface area contributed by atoms with Crippen LogP contribution in [0.4, 0.5) is 10.7 Å². The molecule has 23 heteroatoms. The summed E-state index contributed by atoms with van der Waals surface area (Å²) in [6.45, 7) is 13.0. The van der Waals surface area contributed by atoms with Gasteiger partial charge in [-0.05, 0) is 115 Å². The summed E-state index contributed by atoms with van der Waals surface area (Å²) in [5, 5.41) is 37.2. The van der Waals surface area contributed by atoms with Crippen LogP contribution in [0.1, 0.15) is 124 Å². The number of nitrogens with zero attached hydrogens (tertiary/aromatic N) is 6. The normalized spacial score (nSPS) is 33.5. The lowest BCUT2D eigenvalue weighted by atomic mass is 9.80. The van der Waals surface area contributed by atoms with Gasteiger partial charge < -0.3 is 69.7 Å². The Hall–Kier alpha value is -5.79. The molecule has 0 unspecified atom stereocenters. The molecule has 5 aliphatic rings. The van der Waals surface area contributed by atoms with Crippen LogP contribution < -0.4 is 16.0 Å². The molecular formula is C63H96N8O15. The Balaban J connectivity index is 1.16. The number of piperazine rings is 1. The van der Waals surface area contributed by atoms with Gasteiger partial charge in [0.25, 0.3) is 11.7 Å². The van der Waals surface area contributed by atoms with Crippen molar-refractivity contribution in [2.45, 2.75) is 186 Å². The van der Waals surface area contributed by atoms with Gasteiger partial charge in [-0.25, -0.2) is 19.6 Å². The van der Waals surface area contributed by atoms with Crippen molar-refractivity contribution >= 4 is 47.2 Å². The van der Waals surface area contributed by atoms with E-state index < -0.39 is 120 Å². The number of piperidine rings is 1. The van der Waals surface area contributed by atoms with E-state index in [2.05, 4.69) is 15.3 Å². The number of hydrogen-bond acceptors (Lipinski definition) is 20. The number of nitrogens with one attached hydrogen (secondary N) is 1. The topological polar surface area (TPSA) is 303 Å². The number of allylic oxidation sites excluding steroid dienone is 6. The number of aromatic nitrogens is 2. The lowest BCUT2D eigenvalue weighted by Crippen LogP contribution is -2.61. The lowest BCUT2D eigenvalue weighted by molar-refractivity contribution is -0.265. The number of methoxy groups -OCH3 is 2. The maximum Gasteiger partial charge on any atom is 0.407 e. The van der Waals surface area contributed by atoms with Crippen molar-refractivity contribution in [2.24, 2.45) is 35.3 Å². The van der Waals surface area contributed by atoms with Crippen molar-refractivity contribution in [3.63, 3.8) is 0 Å². The number of ketones is 3. The number of aliphatic hydroxyl groups excluding tert-OH is 2. The molecule has 23 nitrogen and oxygen atoms in total. The minimum absolute atomic E-state index is 0.00654. The standard InChI is InChI=1S/C63H96N8O15/c1-38-16-12-11-13-17-39(2)51(82-9)32-46-21-19-43(6)63(81,86-46)58(77)59(78)71-23-15-14-18-48(71)60(79)84-52(33-49(72)40(3)29-42(5)56(75)57(76)55(74)41(4)28-38)47(64)30-44-20-22-50(53(31-44)83-10)85-62(80)67-36-45-34-65-61(66-35-45)70-26-24-69(25-27-70)54(73)37-68(7)8/h11-13,16-17,29,34-35,38,40-41,43-44,46-48,50-53,56-57,75-76,81H,14-15,18-28,30-33,36-37,64H2,1-10H3,(H,67,80)/b13-11?,16-12+,39-17?,42-29+/t38-,40-,41-,43-,44+,46+,47-,48+,50-,51+,52+,53-,56-,57+,63-/m1/s1. The number of rotatable bonds is 11. The number of hydrogen-bond donors (Lipinski definition) is 5. The molecule has 6 rings (SSSR count). The Morgan fingerprint density at radius 1 is 0.849 bits per heavy atom. The molecule has 4 aliphatic heterocycles. The highest BCUT2D eigenvalue weighted by Gasteiger charge is 2.53. The van der Waals surface area contributed by atoms with Crippen LogP contribution in [0, 0.1) is 29.6 Å². The van der Waals surface area contributed by atoms with Crippen LogP contribution in [-0.2, 0) is 59.0 Å². The number of aliphatic hydroxyl groups is 3. The predicted molar refractivity (Wildman–Crippen MR) is 320 cm³/mol. The quantitative estimate of drug-likeness (QED) is 0.118. The maximum atomic E-state index is 14.6. The van der Waals surface area contributed by atoms with Crippen LogP contribution in [0.2, 0.25) is 0 Å². The molecule has 86 heavy (non-hydrogen) atoms. The van der Waals surface area contributed by atoms with Gasteiger partial charge >= 0.3 is 12.1 Å². The van der Waals surface area contributed by atoms with E-state index in [1.165, 1.54) is 20.1 Å². The zero-order valence-electron chi connectivity index (χ0n) is 52.1. The van der Waals surface area contributed by atoms with Gasteiger partial charge in [-0.15, -0.1) is 0 Å². The number of cyclic esters (lactones) is 1. The summed E-state index contributed by atoms with van der Waals surface area (Å²) in [6, 6.07) is -2.23. The van der Waals surface area contributed by atoms with Crippen LogP contribution in [-0.4, -0.2) is 209 Å².